The Kier molecular flexibility index (Phi) is 4.83. The number of nitrogens with one attached hydrogen (secondary N) is 3. The smallest absolute Gasteiger partial charge is 0.154 e. The molecule has 2 aliphatic rings. The maximum atomic E-state index is 4.81. The molecule has 7 nitrogen and oxygen atoms in total. The Labute approximate surface area is 165 Å². The number of rotatable bonds is 5. The zero-order valence-electron chi connectivity index (χ0n) is 16.1. The van der Waals surface area contributed by atoms with E-state index >= 15 is 0 Å². The molecule has 0 amide bonds. The topological polar surface area (TPSA) is 79.2 Å². The maximum absolute atomic E-state index is 4.81. The molecule has 2 fully saturated rings. The Morgan fingerprint density at radius 2 is 1.82 bits per heavy atom. The first-order chi connectivity index (χ1) is 13.8. The van der Waals surface area contributed by atoms with Crippen molar-refractivity contribution in [3.8, 4) is 11.4 Å². The van der Waals surface area contributed by atoms with Crippen molar-refractivity contribution in [2.45, 2.75) is 50.6 Å². The lowest BCUT2D eigenvalue weighted by atomic mass is 9.95. The molecule has 1 atom stereocenters. The second-order valence-corrected chi connectivity index (χ2v) is 7.85. The van der Waals surface area contributed by atoms with E-state index in [4.69, 9.17) is 10.1 Å². The summed E-state index contributed by atoms with van der Waals surface area (Å²) in [5.41, 5.74) is 2.63. The van der Waals surface area contributed by atoms with Crippen molar-refractivity contribution >= 4 is 17.3 Å². The first kappa shape index (κ1) is 17.4. The molecule has 1 aliphatic carbocycles. The Balaban J connectivity index is 1.41. The zero-order valence-corrected chi connectivity index (χ0v) is 16.1. The van der Waals surface area contributed by atoms with Crippen molar-refractivity contribution in [2.24, 2.45) is 0 Å². The number of nitrogens with zero attached hydrogens (tertiary/aromatic N) is 4. The van der Waals surface area contributed by atoms with Crippen LogP contribution in [0.1, 0.15) is 38.5 Å². The van der Waals surface area contributed by atoms with E-state index in [-0.39, 0.29) is 0 Å². The SMILES string of the molecule is c1cc(N[C@@H]2CCNC2)nc(-c2cnc3ccc(NC4CCCCC4)nn23)c1. The number of imidazole rings is 1. The molecule has 146 valence electrons. The molecule has 1 aliphatic heterocycles. The fraction of sp³-hybridized carbons (Fsp3) is 0.476. The third kappa shape index (κ3) is 3.67. The predicted molar refractivity (Wildman–Crippen MR) is 112 cm³/mol. The Morgan fingerprint density at radius 3 is 2.68 bits per heavy atom. The van der Waals surface area contributed by atoms with E-state index < -0.39 is 0 Å². The predicted octanol–water partition coefficient (Wildman–Crippen LogP) is 3.31. The van der Waals surface area contributed by atoms with Crippen LogP contribution in [0.4, 0.5) is 11.6 Å². The van der Waals surface area contributed by atoms with Gasteiger partial charge in [-0.2, -0.15) is 0 Å². The molecule has 5 rings (SSSR count). The summed E-state index contributed by atoms with van der Waals surface area (Å²) in [6, 6.07) is 11.1. The van der Waals surface area contributed by atoms with E-state index in [1.807, 2.05) is 41.0 Å². The highest BCUT2D eigenvalue weighted by Gasteiger charge is 2.17. The van der Waals surface area contributed by atoms with Crippen LogP contribution in [0.3, 0.4) is 0 Å². The summed E-state index contributed by atoms with van der Waals surface area (Å²) >= 11 is 0. The van der Waals surface area contributed by atoms with E-state index in [9.17, 15) is 0 Å². The average Bonchev–Trinajstić information content (AvgIpc) is 3.38. The molecule has 4 heterocycles. The standard InChI is InChI=1S/C21H27N7/c1-2-5-15(6-3-1)24-20-9-10-21-23-14-18(28(21)27-20)17-7-4-8-19(26-17)25-16-11-12-22-13-16/h4,7-10,14-16,22H,1-3,5-6,11-13H2,(H,24,27)(H,25,26)/t16-/m1/s1. The van der Waals surface area contributed by atoms with Gasteiger partial charge in [0.25, 0.3) is 0 Å². The summed E-state index contributed by atoms with van der Waals surface area (Å²) < 4.78 is 1.90. The lowest BCUT2D eigenvalue weighted by Crippen LogP contribution is -2.23. The van der Waals surface area contributed by atoms with Gasteiger partial charge in [-0.3, -0.25) is 0 Å². The molecule has 1 saturated carbocycles. The van der Waals surface area contributed by atoms with E-state index in [1.54, 1.807) is 0 Å². The zero-order chi connectivity index (χ0) is 18.8. The first-order valence-electron chi connectivity index (χ1n) is 10.4. The van der Waals surface area contributed by atoms with Crippen molar-refractivity contribution in [1.82, 2.24) is 24.9 Å². The quantitative estimate of drug-likeness (QED) is 0.633. The van der Waals surface area contributed by atoms with Gasteiger partial charge in [0, 0.05) is 18.6 Å². The number of pyridine rings is 1. The highest BCUT2D eigenvalue weighted by molar-refractivity contribution is 5.62. The number of hydrogen-bond donors (Lipinski definition) is 3. The molecule has 0 spiro atoms. The second kappa shape index (κ2) is 7.75. The Morgan fingerprint density at radius 1 is 0.929 bits per heavy atom. The van der Waals surface area contributed by atoms with Gasteiger partial charge in [0.05, 0.1) is 11.9 Å². The highest BCUT2D eigenvalue weighted by Crippen LogP contribution is 2.23. The third-order valence-corrected chi connectivity index (χ3v) is 5.74. The van der Waals surface area contributed by atoms with Crippen molar-refractivity contribution < 1.29 is 0 Å². The van der Waals surface area contributed by atoms with Gasteiger partial charge in [-0.05, 0) is 50.1 Å². The van der Waals surface area contributed by atoms with Crippen LogP contribution >= 0.6 is 0 Å². The number of fused-ring (bicyclic) bond motifs is 1. The van der Waals surface area contributed by atoms with Crippen molar-refractivity contribution in [3.05, 3.63) is 36.5 Å². The molecule has 1 saturated heterocycles. The molecule has 28 heavy (non-hydrogen) atoms. The van der Waals surface area contributed by atoms with E-state index in [1.165, 1.54) is 32.1 Å². The van der Waals surface area contributed by atoms with Gasteiger partial charge in [-0.15, -0.1) is 5.10 Å². The van der Waals surface area contributed by atoms with E-state index in [0.29, 0.717) is 12.1 Å². The molecule has 0 unspecified atom stereocenters. The van der Waals surface area contributed by atoms with Gasteiger partial charge >= 0.3 is 0 Å². The largest absolute Gasteiger partial charge is 0.366 e. The third-order valence-electron chi connectivity index (χ3n) is 5.74. The van der Waals surface area contributed by atoms with Crippen molar-refractivity contribution in [1.29, 1.82) is 0 Å². The van der Waals surface area contributed by atoms with Gasteiger partial charge in [-0.25, -0.2) is 14.5 Å². The van der Waals surface area contributed by atoms with Crippen LogP contribution < -0.4 is 16.0 Å². The average molecular weight is 377 g/mol. The van der Waals surface area contributed by atoms with Crippen LogP contribution in [-0.4, -0.2) is 44.8 Å². The van der Waals surface area contributed by atoms with Crippen LogP contribution in [0.15, 0.2) is 36.5 Å². The summed E-state index contributed by atoms with van der Waals surface area (Å²) in [5.74, 6) is 1.81. The first-order valence-corrected chi connectivity index (χ1v) is 10.4. The molecular formula is C21H27N7. The molecule has 3 aromatic heterocycles. The summed E-state index contributed by atoms with van der Waals surface area (Å²) in [5, 5.41) is 15.3. The molecule has 0 radical (unpaired) electrons. The monoisotopic (exact) mass is 377 g/mol. The Hall–Kier alpha value is -2.67. The minimum atomic E-state index is 0.439. The molecule has 0 aromatic carbocycles. The van der Waals surface area contributed by atoms with Gasteiger partial charge in [0.2, 0.25) is 0 Å². The normalized spacial score (nSPS) is 20.5. The van der Waals surface area contributed by atoms with Crippen LogP contribution in [0.5, 0.6) is 0 Å². The van der Waals surface area contributed by atoms with Crippen LogP contribution in [0.2, 0.25) is 0 Å². The van der Waals surface area contributed by atoms with Gasteiger partial charge in [0.1, 0.15) is 17.3 Å². The van der Waals surface area contributed by atoms with Crippen LogP contribution in [-0.2, 0) is 0 Å². The van der Waals surface area contributed by atoms with Crippen LogP contribution in [0, 0.1) is 0 Å². The fourth-order valence-corrected chi connectivity index (χ4v) is 4.23. The van der Waals surface area contributed by atoms with Crippen molar-refractivity contribution in [2.75, 3.05) is 23.7 Å². The van der Waals surface area contributed by atoms with Gasteiger partial charge in [0.15, 0.2) is 5.65 Å². The minimum Gasteiger partial charge on any atom is -0.366 e. The number of aromatic nitrogens is 4. The maximum Gasteiger partial charge on any atom is 0.154 e. The summed E-state index contributed by atoms with van der Waals surface area (Å²) in [7, 11) is 0. The van der Waals surface area contributed by atoms with Crippen molar-refractivity contribution in [3.63, 3.8) is 0 Å². The highest BCUT2D eigenvalue weighted by atomic mass is 15.3. The minimum absolute atomic E-state index is 0.439. The number of hydrogen-bond acceptors (Lipinski definition) is 6. The molecule has 3 N–H and O–H groups in total. The van der Waals surface area contributed by atoms with Gasteiger partial charge in [-0.1, -0.05) is 25.3 Å². The number of anilines is 2. The molecule has 3 aromatic rings. The fourth-order valence-electron chi connectivity index (χ4n) is 4.23. The summed E-state index contributed by atoms with van der Waals surface area (Å²) in [6.07, 6.45) is 9.38. The van der Waals surface area contributed by atoms with E-state index in [0.717, 1.165) is 48.2 Å². The van der Waals surface area contributed by atoms with Crippen LogP contribution in [0.25, 0.3) is 17.0 Å². The lowest BCUT2D eigenvalue weighted by Gasteiger charge is -2.23. The van der Waals surface area contributed by atoms with E-state index in [2.05, 4.69) is 20.9 Å². The Bertz CT molecular complexity index is 939. The summed E-state index contributed by atoms with van der Waals surface area (Å²) in [6.45, 7) is 2.05. The summed E-state index contributed by atoms with van der Waals surface area (Å²) in [4.78, 5) is 9.33. The molecule has 0 bridgehead atoms. The van der Waals surface area contributed by atoms with Gasteiger partial charge < -0.3 is 16.0 Å². The molecular weight excluding hydrogens is 350 g/mol. The lowest BCUT2D eigenvalue weighted by molar-refractivity contribution is 0.461. The molecule has 7 heteroatoms. The second-order valence-electron chi connectivity index (χ2n) is 7.85.